The Bertz CT molecular complexity index is 436. The van der Waals surface area contributed by atoms with Gasteiger partial charge >= 0.3 is 0 Å². The van der Waals surface area contributed by atoms with Crippen LogP contribution in [0.2, 0.25) is 0 Å². The van der Waals surface area contributed by atoms with Crippen LogP contribution in [0.15, 0.2) is 30.3 Å². The van der Waals surface area contributed by atoms with Crippen molar-refractivity contribution in [3.05, 3.63) is 35.9 Å². The van der Waals surface area contributed by atoms with Crippen molar-refractivity contribution in [3.63, 3.8) is 0 Å². The summed E-state index contributed by atoms with van der Waals surface area (Å²) < 4.78 is 0. The van der Waals surface area contributed by atoms with Gasteiger partial charge in [-0.25, -0.2) is 0 Å². The van der Waals surface area contributed by atoms with E-state index in [4.69, 9.17) is 12.2 Å². The van der Waals surface area contributed by atoms with Crippen LogP contribution in [-0.2, 0) is 10.5 Å². The van der Waals surface area contributed by atoms with Crippen molar-refractivity contribution < 1.29 is 4.79 Å². The zero-order chi connectivity index (χ0) is 13.0. The molecule has 18 heavy (non-hydrogen) atoms. The monoisotopic (exact) mass is 280 g/mol. The summed E-state index contributed by atoms with van der Waals surface area (Å²) in [5.41, 5.74) is 1.28. The molecule has 1 aliphatic heterocycles. The molecule has 96 valence electrons. The van der Waals surface area contributed by atoms with Crippen LogP contribution in [0, 0.1) is 0 Å². The Morgan fingerprint density at radius 2 is 2.11 bits per heavy atom. The topological polar surface area (TPSA) is 32.3 Å². The highest BCUT2D eigenvalue weighted by atomic mass is 32.2. The quantitative estimate of drug-likeness (QED) is 0.837. The predicted octanol–water partition coefficient (Wildman–Crippen LogP) is 2.02. The molecule has 0 aliphatic carbocycles. The first kappa shape index (κ1) is 13.4. The zero-order valence-corrected chi connectivity index (χ0v) is 11.9. The first-order chi connectivity index (χ1) is 8.72. The minimum Gasteiger partial charge on any atom is -0.350 e. The van der Waals surface area contributed by atoms with E-state index in [1.165, 1.54) is 5.56 Å². The van der Waals surface area contributed by atoms with E-state index in [0.29, 0.717) is 11.7 Å². The lowest BCUT2D eigenvalue weighted by Gasteiger charge is -2.10. The number of rotatable bonds is 5. The number of nitrogens with one attached hydrogen (secondary N) is 1. The maximum atomic E-state index is 12.0. The lowest BCUT2D eigenvalue weighted by atomic mass is 10.2. The van der Waals surface area contributed by atoms with Gasteiger partial charge < -0.3 is 5.32 Å². The molecule has 1 amide bonds. The second kappa shape index (κ2) is 6.20. The Kier molecular flexibility index (Phi) is 4.60. The highest BCUT2D eigenvalue weighted by Gasteiger charge is 2.33. The molecule has 0 saturated carbocycles. The van der Waals surface area contributed by atoms with Crippen molar-refractivity contribution in [3.8, 4) is 0 Å². The van der Waals surface area contributed by atoms with Gasteiger partial charge in [0.25, 0.3) is 5.91 Å². The molecule has 1 aliphatic rings. The van der Waals surface area contributed by atoms with E-state index in [-0.39, 0.29) is 11.9 Å². The van der Waals surface area contributed by atoms with Gasteiger partial charge in [-0.1, -0.05) is 30.3 Å². The molecule has 1 fully saturated rings. The number of benzene rings is 1. The average Bonchev–Trinajstić information content (AvgIpc) is 2.65. The fourth-order valence-electron chi connectivity index (χ4n) is 1.86. The molecule has 2 rings (SSSR count). The maximum absolute atomic E-state index is 12.0. The van der Waals surface area contributed by atoms with Crippen molar-refractivity contribution >= 4 is 35.0 Å². The summed E-state index contributed by atoms with van der Waals surface area (Å²) in [6.45, 7) is 2.58. The smallest absolute Gasteiger partial charge is 0.252 e. The SMILES string of the molecule is CCN1C(=O)C(CSCc2ccccc2)NC1=S. The Morgan fingerprint density at radius 1 is 1.39 bits per heavy atom. The van der Waals surface area contributed by atoms with Gasteiger partial charge in [0.2, 0.25) is 0 Å². The van der Waals surface area contributed by atoms with Gasteiger partial charge in [-0.3, -0.25) is 9.69 Å². The fourth-order valence-corrected chi connectivity index (χ4v) is 3.23. The molecule has 3 nitrogen and oxygen atoms in total. The van der Waals surface area contributed by atoms with Crippen molar-refractivity contribution in [1.29, 1.82) is 0 Å². The summed E-state index contributed by atoms with van der Waals surface area (Å²) in [7, 11) is 0. The molecular formula is C13H16N2OS2. The summed E-state index contributed by atoms with van der Waals surface area (Å²) in [5.74, 6) is 1.78. The molecule has 1 saturated heterocycles. The van der Waals surface area contributed by atoms with E-state index < -0.39 is 0 Å². The number of carbonyl (C=O) groups is 1. The maximum Gasteiger partial charge on any atom is 0.252 e. The molecule has 1 aromatic rings. The minimum absolute atomic E-state index is 0.100. The molecule has 0 spiro atoms. The van der Waals surface area contributed by atoms with Gasteiger partial charge in [0.05, 0.1) is 0 Å². The third-order valence-electron chi connectivity index (χ3n) is 2.82. The van der Waals surface area contributed by atoms with Crippen molar-refractivity contribution in [1.82, 2.24) is 10.2 Å². The molecule has 1 N–H and O–H groups in total. The van der Waals surface area contributed by atoms with Crippen LogP contribution in [0.1, 0.15) is 12.5 Å². The van der Waals surface area contributed by atoms with Gasteiger partial charge in [-0.15, -0.1) is 0 Å². The third-order valence-corrected chi connectivity index (χ3v) is 4.26. The van der Waals surface area contributed by atoms with E-state index in [2.05, 4.69) is 17.4 Å². The van der Waals surface area contributed by atoms with Gasteiger partial charge in [0, 0.05) is 18.1 Å². The molecule has 1 unspecified atom stereocenters. The van der Waals surface area contributed by atoms with Crippen LogP contribution >= 0.6 is 24.0 Å². The van der Waals surface area contributed by atoms with Crippen LogP contribution in [0.4, 0.5) is 0 Å². The van der Waals surface area contributed by atoms with Crippen LogP contribution in [0.3, 0.4) is 0 Å². The molecule has 0 radical (unpaired) electrons. The molecule has 1 atom stereocenters. The Hall–Kier alpha value is -1.07. The molecule has 5 heteroatoms. The molecule has 0 aromatic heterocycles. The normalized spacial score (nSPS) is 19.2. The van der Waals surface area contributed by atoms with E-state index in [1.807, 2.05) is 25.1 Å². The van der Waals surface area contributed by atoms with Gasteiger partial charge in [0.1, 0.15) is 6.04 Å². The number of thioether (sulfide) groups is 1. The number of thiocarbonyl (C=S) groups is 1. The van der Waals surface area contributed by atoms with E-state index in [0.717, 1.165) is 11.5 Å². The van der Waals surface area contributed by atoms with Gasteiger partial charge in [-0.05, 0) is 24.7 Å². The van der Waals surface area contributed by atoms with Gasteiger partial charge in [-0.2, -0.15) is 11.8 Å². The van der Waals surface area contributed by atoms with E-state index in [9.17, 15) is 4.79 Å². The van der Waals surface area contributed by atoms with Crippen LogP contribution in [0.5, 0.6) is 0 Å². The summed E-state index contributed by atoms with van der Waals surface area (Å²) in [6, 6.07) is 10.1. The number of likely N-dealkylation sites (N-methyl/N-ethyl adjacent to an activating group) is 1. The highest BCUT2D eigenvalue weighted by molar-refractivity contribution is 7.98. The number of amides is 1. The standard InChI is InChI=1S/C13H16N2OS2/c1-2-15-12(16)11(14-13(15)17)9-18-8-10-6-4-3-5-7-10/h3-7,11H,2,8-9H2,1H3,(H,14,17). The molecule has 1 aromatic carbocycles. The van der Waals surface area contributed by atoms with Gasteiger partial charge in [0.15, 0.2) is 5.11 Å². The first-order valence-electron chi connectivity index (χ1n) is 5.96. The lowest BCUT2D eigenvalue weighted by molar-refractivity contribution is -0.126. The largest absolute Gasteiger partial charge is 0.350 e. The summed E-state index contributed by atoms with van der Waals surface area (Å²) in [4.78, 5) is 13.6. The van der Waals surface area contributed by atoms with Crippen molar-refractivity contribution in [2.45, 2.75) is 18.7 Å². The second-order valence-electron chi connectivity index (χ2n) is 4.09. The molecule has 1 heterocycles. The highest BCUT2D eigenvalue weighted by Crippen LogP contribution is 2.16. The summed E-state index contributed by atoms with van der Waals surface area (Å²) in [6.07, 6.45) is 0. The first-order valence-corrected chi connectivity index (χ1v) is 7.52. The molecular weight excluding hydrogens is 264 g/mol. The zero-order valence-electron chi connectivity index (χ0n) is 10.3. The lowest BCUT2D eigenvalue weighted by Crippen LogP contribution is -2.32. The van der Waals surface area contributed by atoms with Crippen molar-refractivity contribution in [2.75, 3.05) is 12.3 Å². The van der Waals surface area contributed by atoms with Crippen LogP contribution < -0.4 is 5.32 Å². The van der Waals surface area contributed by atoms with E-state index >= 15 is 0 Å². The minimum atomic E-state index is -0.161. The average molecular weight is 280 g/mol. The van der Waals surface area contributed by atoms with E-state index in [1.54, 1.807) is 16.7 Å². The Labute approximate surface area is 117 Å². The summed E-state index contributed by atoms with van der Waals surface area (Å²) in [5, 5.41) is 3.64. The Balaban J connectivity index is 1.81. The fraction of sp³-hybridized carbons (Fsp3) is 0.385. The number of carbonyl (C=O) groups excluding carboxylic acids is 1. The number of hydrogen-bond acceptors (Lipinski definition) is 3. The van der Waals surface area contributed by atoms with Crippen LogP contribution in [-0.4, -0.2) is 34.3 Å². The molecule has 0 bridgehead atoms. The van der Waals surface area contributed by atoms with Crippen LogP contribution in [0.25, 0.3) is 0 Å². The number of nitrogens with zero attached hydrogens (tertiary/aromatic N) is 1. The Morgan fingerprint density at radius 3 is 2.72 bits per heavy atom. The predicted molar refractivity (Wildman–Crippen MR) is 79.5 cm³/mol. The second-order valence-corrected chi connectivity index (χ2v) is 5.50. The summed E-state index contributed by atoms with van der Waals surface area (Å²) >= 11 is 6.87. The number of hydrogen-bond donors (Lipinski definition) is 1. The van der Waals surface area contributed by atoms with Crippen molar-refractivity contribution in [2.24, 2.45) is 0 Å². The third kappa shape index (κ3) is 3.03.